The Hall–Kier alpha value is -2.11. The molecule has 0 spiro atoms. The summed E-state index contributed by atoms with van der Waals surface area (Å²) >= 11 is 0. The van der Waals surface area contributed by atoms with E-state index in [1.54, 1.807) is 10.7 Å². The van der Waals surface area contributed by atoms with Gasteiger partial charge in [-0.05, 0) is 20.8 Å². The summed E-state index contributed by atoms with van der Waals surface area (Å²) in [6.45, 7) is 6.42. The lowest BCUT2D eigenvalue weighted by Crippen LogP contribution is -2.14. The molecule has 0 aliphatic carbocycles. The van der Waals surface area contributed by atoms with E-state index in [2.05, 4.69) is 20.1 Å². The van der Waals surface area contributed by atoms with Crippen molar-refractivity contribution in [1.29, 1.82) is 0 Å². The predicted molar refractivity (Wildman–Crippen MR) is 61.8 cm³/mol. The maximum Gasteiger partial charge on any atom is 0.260 e. The molecule has 0 aromatic carbocycles. The van der Waals surface area contributed by atoms with Crippen LogP contribution >= 0.6 is 0 Å². The minimum atomic E-state index is -0.214. The van der Waals surface area contributed by atoms with Gasteiger partial charge < -0.3 is 9.84 Å². The van der Waals surface area contributed by atoms with E-state index >= 15 is 0 Å². The number of hydrogen-bond donors (Lipinski definition) is 1. The van der Waals surface area contributed by atoms with E-state index in [1.165, 1.54) is 6.26 Å². The van der Waals surface area contributed by atoms with E-state index in [-0.39, 0.29) is 5.91 Å². The SMILES string of the molecule is CCn1nc(C)c(C(=O)Nc2ccon2)c1C. The summed E-state index contributed by atoms with van der Waals surface area (Å²) in [7, 11) is 0. The number of carbonyl (C=O) groups excluding carboxylic acids is 1. The molecule has 2 rings (SSSR count). The van der Waals surface area contributed by atoms with Crippen molar-refractivity contribution >= 4 is 11.7 Å². The lowest BCUT2D eigenvalue weighted by Gasteiger charge is -2.02. The van der Waals surface area contributed by atoms with Crippen LogP contribution in [0.15, 0.2) is 16.9 Å². The van der Waals surface area contributed by atoms with E-state index in [0.29, 0.717) is 17.1 Å². The lowest BCUT2D eigenvalue weighted by atomic mass is 10.2. The quantitative estimate of drug-likeness (QED) is 0.878. The number of aryl methyl sites for hydroxylation is 2. The van der Waals surface area contributed by atoms with Crippen LogP contribution in [0.2, 0.25) is 0 Å². The first-order valence-corrected chi connectivity index (χ1v) is 5.39. The molecule has 0 bridgehead atoms. The Morgan fingerprint density at radius 3 is 2.82 bits per heavy atom. The zero-order valence-corrected chi connectivity index (χ0v) is 10.0. The molecule has 6 heteroatoms. The molecule has 2 aromatic heterocycles. The van der Waals surface area contributed by atoms with Crippen LogP contribution in [0.1, 0.15) is 28.7 Å². The molecular formula is C11H14N4O2. The minimum Gasteiger partial charge on any atom is -0.363 e. The Bertz CT molecular complexity index is 528. The molecule has 6 nitrogen and oxygen atoms in total. The van der Waals surface area contributed by atoms with Crippen molar-refractivity contribution in [2.24, 2.45) is 0 Å². The van der Waals surface area contributed by atoms with E-state index in [1.807, 2.05) is 20.8 Å². The zero-order chi connectivity index (χ0) is 12.4. The fourth-order valence-corrected chi connectivity index (χ4v) is 1.79. The van der Waals surface area contributed by atoms with Crippen molar-refractivity contribution in [3.05, 3.63) is 29.3 Å². The average Bonchev–Trinajstić information content (AvgIpc) is 2.87. The monoisotopic (exact) mass is 234 g/mol. The summed E-state index contributed by atoms with van der Waals surface area (Å²) in [5.41, 5.74) is 2.16. The zero-order valence-electron chi connectivity index (χ0n) is 10.0. The molecule has 0 atom stereocenters. The average molecular weight is 234 g/mol. The Labute approximate surface area is 98.6 Å². The van der Waals surface area contributed by atoms with Crippen LogP contribution < -0.4 is 5.32 Å². The number of nitrogens with one attached hydrogen (secondary N) is 1. The number of anilines is 1. The van der Waals surface area contributed by atoms with Crippen molar-refractivity contribution in [2.75, 3.05) is 5.32 Å². The van der Waals surface area contributed by atoms with Crippen molar-refractivity contribution in [2.45, 2.75) is 27.3 Å². The van der Waals surface area contributed by atoms with Gasteiger partial charge in [-0.25, -0.2) is 0 Å². The Kier molecular flexibility index (Phi) is 2.95. The van der Waals surface area contributed by atoms with Crippen molar-refractivity contribution < 1.29 is 9.32 Å². The van der Waals surface area contributed by atoms with Crippen molar-refractivity contribution in [3.8, 4) is 0 Å². The van der Waals surface area contributed by atoms with Gasteiger partial charge in [0.15, 0.2) is 5.82 Å². The molecular weight excluding hydrogens is 220 g/mol. The molecule has 0 aliphatic heterocycles. The fraction of sp³-hybridized carbons (Fsp3) is 0.364. The van der Waals surface area contributed by atoms with Gasteiger partial charge in [-0.15, -0.1) is 0 Å². The first kappa shape index (κ1) is 11.4. The summed E-state index contributed by atoms with van der Waals surface area (Å²) in [6, 6.07) is 1.59. The highest BCUT2D eigenvalue weighted by Crippen LogP contribution is 2.15. The van der Waals surface area contributed by atoms with Crippen molar-refractivity contribution in [1.82, 2.24) is 14.9 Å². The molecule has 17 heavy (non-hydrogen) atoms. The van der Waals surface area contributed by atoms with Gasteiger partial charge in [0.1, 0.15) is 6.26 Å². The first-order chi connectivity index (χ1) is 8.13. The van der Waals surface area contributed by atoms with Crippen molar-refractivity contribution in [3.63, 3.8) is 0 Å². The normalized spacial score (nSPS) is 10.5. The van der Waals surface area contributed by atoms with Gasteiger partial charge in [0.05, 0.1) is 11.3 Å². The van der Waals surface area contributed by atoms with Gasteiger partial charge in [-0.1, -0.05) is 5.16 Å². The van der Waals surface area contributed by atoms with Gasteiger partial charge >= 0.3 is 0 Å². The number of carbonyl (C=O) groups is 1. The summed E-state index contributed by atoms with van der Waals surface area (Å²) in [5, 5.41) is 10.6. The van der Waals surface area contributed by atoms with Gasteiger partial charge in [-0.2, -0.15) is 5.10 Å². The van der Waals surface area contributed by atoms with E-state index < -0.39 is 0 Å². The fourth-order valence-electron chi connectivity index (χ4n) is 1.79. The van der Waals surface area contributed by atoms with Crippen LogP contribution in [0, 0.1) is 13.8 Å². The molecule has 0 saturated heterocycles. The number of amides is 1. The topological polar surface area (TPSA) is 73.0 Å². The Balaban J connectivity index is 2.28. The van der Waals surface area contributed by atoms with Gasteiger partial charge in [0.25, 0.3) is 5.91 Å². The summed E-state index contributed by atoms with van der Waals surface area (Å²) < 4.78 is 6.45. The molecule has 2 heterocycles. The second-order valence-electron chi connectivity index (χ2n) is 3.70. The molecule has 1 amide bonds. The van der Waals surface area contributed by atoms with Gasteiger partial charge in [-0.3, -0.25) is 9.48 Å². The number of aromatic nitrogens is 3. The number of hydrogen-bond acceptors (Lipinski definition) is 4. The Morgan fingerprint density at radius 1 is 1.53 bits per heavy atom. The van der Waals surface area contributed by atoms with Gasteiger partial charge in [0.2, 0.25) is 0 Å². The Morgan fingerprint density at radius 2 is 2.29 bits per heavy atom. The number of rotatable bonds is 3. The smallest absolute Gasteiger partial charge is 0.260 e. The number of nitrogens with zero attached hydrogens (tertiary/aromatic N) is 3. The second-order valence-corrected chi connectivity index (χ2v) is 3.70. The highest BCUT2D eigenvalue weighted by atomic mass is 16.5. The second kappa shape index (κ2) is 4.40. The molecule has 0 saturated carbocycles. The largest absolute Gasteiger partial charge is 0.363 e. The molecule has 0 unspecified atom stereocenters. The maximum atomic E-state index is 12.0. The third-order valence-corrected chi connectivity index (χ3v) is 2.59. The van der Waals surface area contributed by atoms with Crippen LogP contribution in [0.4, 0.5) is 5.82 Å². The highest BCUT2D eigenvalue weighted by Gasteiger charge is 2.18. The molecule has 0 fully saturated rings. The van der Waals surface area contributed by atoms with Crippen LogP contribution in [-0.2, 0) is 6.54 Å². The molecule has 1 N–H and O–H groups in total. The van der Waals surface area contributed by atoms with Crippen LogP contribution in [0.3, 0.4) is 0 Å². The molecule has 2 aromatic rings. The van der Waals surface area contributed by atoms with Crippen LogP contribution in [0.5, 0.6) is 0 Å². The standard InChI is InChI=1S/C11H14N4O2/c1-4-15-8(3)10(7(2)13-15)11(16)12-9-5-6-17-14-9/h5-6H,4H2,1-3H3,(H,12,14,16). The van der Waals surface area contributed by atoms with Crippen LogP contribution in [-0.4, -0.2) is 20.8 Å². The third-order valence-electron chi connectivity index (χ3n) is 2.59. The molecule has 0 aliphatic rings. The summed E-state index contributed by atoms with van der Waals surface area (Å²) in [4.78, 5) is 12.0. The third kappa shape index (κ3) is 2.06. The summed E-state index contributed by atoms with van der Waals surface area (Å²) in [5.74, 6) is 0.187. The molecule has 90 valence electrons. The van der Waals surface area contributed by atoms with Crippen LogP contribution in [0.25, 0.3) is 0 Å². The lowest BCUT2D eigenvalue weighted by molar-refractivity contribution is 0.102. The van der Waals surface area contributed by atoms with E-state index in [9.17, 15) is 4.79 Å². The first-order valence-electron chi connectivity index (χ1n) is 5.39. The van der Waals surface area contributed by atoms with Gasteiger partial charge in [0, 0.05) is 18.3 Å². The summed E-state index contributed by atoms with van der Waals surface area (Å²) in [6.07, 6.45) is 1.41. The van der Waals surface area contributed by atoms with E-state index in [0.717, 1.165) is 12.2 Å². The maximum absolute atomic E-state index is 12.0. The highest BCUT2D eigenvalue weighted by molar-refractivity contribution is 6.05. The predicted octanol–water partition coefficient (Wildman–Crippen LogP) is 1.76. The minimum absolute atomic E-state index is 0.214. The van der Waals surface area contributed by atoms with E-state index in [4.69, 9.17) is 0 Å². The molecule has 0 radical (unpaired) electrons.